The number of nitrogens with zero attached hydrogens (tertiary/aromatic N) is 1. The van der Waals surface area contributed by atoms with E-state index in [-0.39, 0.29) is 12.2 Å². The molecular formula is C8H8N2O4. The van der Waals surface area contributed by atoms with E-state index in [0.29, 0.717) is 17.9 Å². The van der Waals surface area contributed by atoms with Gasteiger partial charge in [-0.15, -0.1) is 0 Å². The number of hydrogen-bond donors (Lipinski definition) is 1. The van der Waals surface area contributed by atoms with Gasteiger partial charge < -0.3 is 10.6 Å². The molecule has 0 saturated heterocycles. The molecule has 2 rings (SSSR count). The molecule has 0 radical (unpaired) electrons. The minimum absolute atomic E-state index is 0.0308. The van der Waals surface area contributed by atoms with Crippen LogP contribution >= 0.6 is 0 Å². The summed E-state index contributed by atoms with van der Waals surface area (Å²) in [5, 5.41) is 10.6. The first-order chi connectivity index (χ1) is 6.72. The smallest absolute Gasteiger partial charge is 0.277 e. The van der Waals surface area contributed by atoms with E-state index >= 15 is 0 Å². The first-order valence-electron chi connectivity index (χ1n) is 4.02. The van der Waals surface area contributed by atoms with Gasteiger partial charge in [0.25, 0.3) is 5.69 Å². The maximum absolute atomic E-state index is 10.6. The zero-order valence-corrected chi connectivity index (χ0v) is 7.23. The van der Waals surface area contributed by atoms with Gasteiger partial charge in [0.05, 0.1) is 11.0 Å². The molecule has 14 heavy (non-hydrogen) atoms. The molecule has 6 heteroatoms. The molecule has 0 saturated carbocycles. The molecule has 74 valence electrons. The lowest BCUT2D eigenvalue weighted by molar-refractivity contribution is -0.385. The van der Waals surface area contributed by atoms with Crippen LogP contribution in [-0.2, 0) is 18.0 Å². The van der Waals surface area contributed by atoms with Crippen molar-refractivity contribution in [1.82, 2.24) is 0 Å². The highest BCUT2D eigenvalue weighted by molar-refractivity contribution is 5.51. The van der Waals surface area contributed by atoms with Crippen molar-refractivity contribution in [1.29, 1.82) is 0 Å². The Balaban J connectivity index is 2.54. The van der Waals surface area contributed by atoms with Crippen molar-refractivity contribution >= 4 is 5.69 Å². The first-order valence-corrected chi connectivity index (χ1v) is 4.02. The number of hydrogen-bond acceptors (Lipinski definition) is 5. The van der Waals surface area contributed by atoms with Crippen LogP contribution in [0.15, 0.2) is 12.1 Å². The summed E-state index contributed by atoms with van der Waals surface area (Å²) in [4.78, 5) is 19.6. The highest BCUT2D eigenvalue weighted by Gasteiger charge is 2.22. The fourth-order valence-corrected chi connectivity index (χ4v) is 1.35. The zero-order chi connectivity index (χ0) is 10.1. The Kier molecular flexibility index (Phi) is 2.06. The lowest BCUT2D eigenvalue weighted by Gasteiger charge is -2.01. The van der Waals surface area contributed by atoms with Gasteiger partial charge in [0, 0.05) is 17.7 Å². The highest BCUT2D eigenvalue weighted by atomic mass is 17.2. The van der Waals surface area contributed by atoms with Gasteiger partial charge >= 0.3 is 0 Å². The summed E-state index contributed by atoms with van der Waals surface area (Å²) in [7, 11) is 0. The Morgan fingerprint density at radius 1 is 1.57 bits per heavy atom. The summed E-state index contributed by atoms with van der Waals surface area (Å²) in [6, 6.07) is 2.98. The second kappa shape index (κ2) is 3.24. The molecule has 0 aliphatic carbocycles. The quantitative estimate of drug-likeness (QED) is 0.431. The van der Waals surface area contributed by atoms with Gasteiger partial charge in [0.15, 0.2) is 5.75 Å². The number of rotatable bonds is 2. The van der Waals surface area contributed by atoms with Crippen LogP contribution in [0, 0.1) is 10.1 Å². The van der Waals surface area contributed by atoms with E-state index in [2.05, 4.69) is 4.89 Å². The molecule has 0 amide bonds. The molecule has 0 aromatic heterocycles. The predicted molar refractivity (Wildman–Crippen MR) is 46.4 cm³/mol. The third kappa shape index (κ3) is 1.30. The minimum atomic E-state index is -0.482. The van der Waals surface area contributed by atoms with Crippen molar-refractivity contribution in [2.75, 3.05) is 0 Å². The van der Waals surface area contributed by atoms with E-state index in [0.717, 1.165) is 5.56 Å². The SMILES string of the molecule is NCc1cc2c(cc1[N+](=O)[O-])OOC2. The number of nitrogens with two attached hydrogens (primary N) is 1. The number of fused-ring (bicyclic) bond motifs is 1. The zero-order valence-electron chi connectivity index (χ0n) is 7.23. The fourth-order valence-electron chi connectivity index (χ4n) is 1.35. The van der Waals surface area contributed by atoms with Crippen LogP contribution in [0.25, 0.3) is 0 Å². The third-order valence-corrected chi connectivity index (χ3v) is 2.04. The molecule has 1 aliphatic heterocycles. The van der Waals surface area contributed by atoms with Gasteiger partial charge in [0.2, 0.25) is 0 Å². The van der Waals surface area contributed by atoms with Crippen LogP contribution in [0.2, 0.25) is 0 Å². The van der Waals surface area contributed by atoms with Crippen LogP contribution < -0.4 is 10.6 Å². The predicted octanol–water partition coefficient (Wildman–Crippen LogP) is 0.877. The fraction of sp³-hybridized carbons (Fsp3) is 0.250. The lowest BCUT2D eigenvalue weighted by Crippen LogP contribution is -2.02. The van der Waals surface area contributed by atoms with Gasteiger partial charge in [-0.2, -0.15) is 4.89 Å². The van der Waals surface area contributed by atoms with Gasteiger partial charge in [-0.05, 0) is 6.07 Å². The molecule has 2 N–H and O–H groups in total. The molecule has 0 fully saturated rings. The lowest BCUT2D eigenvalue weighted by atomic mass is 10.1. The molecule has 0 bridgehead atoms. The molecule has 0 unspecified atom stereocenters. The Hall–Kier alpha value is -1.66. The van der Waals surface area contributed by atoms with Crippen molar-refractivity contribution < 1.29 is 14.7 Å². The minimum Gasteiger partial charge on any atom is -0.337 e. The maximum atomic E-state index is 10.6. The molecule has 6 nitrogen and oxygen atoms in total. The van der Waals surface area contributed by atoms with Gasteiger partial charge in [0.1, 0.15) is 6.61 Å². The van der Waals surface area contributed by atoms with Crippen LogP contribution in [0.3, 0.4) is 0 Å². The van der Waals surface area contributed by atoms with E-state index in [9.17, 15) is 10.1 Å². The van der Waals surface area contributed by atoms with Crippen molar-refractivity contribution in [2.45, 2.75) is 13.2 Å². The van der Waals surface area contributed by atoms with Crippen LogP contribution in [0.5, 0.6) is 5.75 Å². The average Bonchev–Trinajstić information content (AvgIpc) is 2.62. The van der Waals surface area contributed by atoms with Crippen LogP contribution in [-0.4, -0.2) is 4.92 Å². The normalized spacial score (nSPS) is 13.5. The highest BCUT2D eigenvalue weighted by Crippen LogP contribution is 2.32. The van der Waals surface area contributed by atoms with Crippen molar-refractivity contribution in [3.8, 4) is 5.75 Å². The molecule has 1 heterocycles. The maximum Gasteiger partial charge on any atom is 0.277 e. The summed E-state index contributed by atoms with van der Waals surface area (Å²) < 4.78 is 0. The Labute approximate surface area is 79.3 Å². The summed E-state index contributed by atoms with van der Waals surface area (Å²) in [6.07, 6.45) is 0. The van der Waals surface area contributed by atoms with E-state index in [4.69, 9.17) is 10.6 Å². The standard InChI is InChI=1S/C8H8N2O4/c9-3-5-1-6-4-13-14-8(6)2-7(5)10(11)12/h1-2H,3-4,9H2. The Morgan fingerprint density at radius 2 is 2.36 bits per heavy atom. The summed E-state index contributed by atoms with van der Waals surface area (Å²) in [6.45, 7) is 0.434. The van der Waals surface area contributed by atoms with E-state index in [1.165, 1.54) is 6.07 Å². The number of benzene rings is 1. The van der Waals surface area contributed by atoms with E-state index in [1.54, 1.807) is 6.07 Å². The van der Waals surface area contributed by atoms with Crippen molar-refractivity contribution in [3.05, 3.63) is 33.4 Å². The third-order valence-electron chi connectivity index (χ3n) is 2.04. The van der Waals surface area contributed by atoms with Crippen LogP contribution in [0.1, 0.15) is 11.1 Å². The summed E-state index contributed by atoms with van der Waals surface area (Å²) >= 11 is 0. The Morgan fingerprint density at radius 3 is 3.00 bits per heavy atom. The number of nitro groups is 1. The second-order valence-electron chi connectivity index (χ2n) is 2.90. The largest absolute Gasteiger partial charge is 0.337 e. The van der Waals surface area contributed by atoms with Gasteiger partial charge in [-0.25, -0.2) is 0 Å². The van der Waals surface area contributed by atoms with E-state index in [1.807, 2.05) is 0 Å². The topological polar surface area (TPSA) is 87.6 Å². The second-order valence-corrected chi connectivity index (χ2v) is 2.90. The molecule has 0 spiro atoms. The molecule has 1 aromatic rings. The molecule has 1 aliphatic rings. The molecule has 0 atom stereocenters. The van der Waals surface area contributed by atoms with Crippen LogP contribution in [0.4, 0.5) is 5.69 Å². The monoisotopic (exact) mass is 196 g/mol. The summed E-state index contributed by atoms with van der Waals surface area (Å²) in [5.41, 5.74) is 6.64. The van der Waals surface area contributed by atoms with Crippen molar-refractivity contribution in [3.63, 3.8) is 0 Å². The van der Waals surface area contributed by atoms with Gasteiger partial charge in [-0.1, -0.05) is 0 Å². The Bertz CT molecular complexity index is 391. The average molecular weight is 196 g/mol. The van der Waals surface area contributed by atoms with E-state index < -0.39 is 4.92 Å². The first kappa shape index (κ1) is 8.92. The van der Waals surface area contributed by atoms with Crippen molar-refractivity contribution in [2.24, 2.45) is 5.73 Å². The number of nitro benzene ring substituents is 1. The molecule has 1 aromatic carbocycles. The molecular weight excluding hydrogens is 188 g/mol. The van der Waals surface area contributed by atoms with Gasteiger partial charge in [-0.3, -0.25) is 10.1 Å². The summed E-state index contributed by atoms with van der Waals surface area (Å²) in [5.74, 6) is 0.397.